The third kappa shape index (κ3) is 2.28. The van der Waals surface area contributed by atoms with E-state index in [0.29, 0.717) is 6.04 Å². The highest BCUT2D eigenvalue weighted by Crippen LogP contribution is 2.43. The van der Waals surface area contributed by atoms with E-state index in [0.717, 1.165) is 23.8 Å². The molecule has 1 aromatic rings. The van der Waals surface area contributed by atoms with Crippen molar-refractivity contribution in [2.75, 3.05) is 18.6 Å². The van der Waals surface area contributed by atoms with E-state index in [1.807, 2.05) is 19.1 Å². The number of fused-ring (bicyclic) bond motifs is 1. The summed E-state index contributed by atoms with van der Waals surface area (Å²) in [5.74, 6) is 1.65. The van der Waals surface area contributed by atoms with Gasteiger partial charge in [0.05, 0.1) is 13.2 Å². The normalized spacial score (nSPS) is 27.2. The second-order valence-electron chi connectivity index (χ2n) is 6.16. The number of aliphatic hydroxyl groups excluding tert-OH is 1. The number of nitrogens with zero attached hydrogens (tertiary/aromatic N) is 1. The number of hydrogen-bond acceptors (Lipinski definition) is 3. The van der Waals surface area contributed by atoms with Crippen LogP contribution in [0.3, 0.4) is 0 Å². The quantitative estimate of drug-likeness (QED) is 0.916. The van der Waals surface area contributed by atoms with Crippen molar-refractivity contribution in [3.63, 3.8) is 0 Å². The number of methoxy groups -OCH3 is 1. The SMILES string of the molecule is COc1cccc(N2CCCC3CCCC32)c1[C@@H](C)O. The van der Waals surface area contributed by atoms with Crippen molar-refractivity contribution in [1.82, 2.24) is 0 Å². The van der Waals surface area contributed by atoms with Crippen LogP contribution < -0.4 is 9.64 Å². The molecule has 0 bridgehead atoms. The Balaban J connectivity index is 2.00. The zero-order valence-corrected chi connectivity index (χ0v) is 12.5. The molecule has 2 fully saturated rings. The molecule has 2 aliphatic rings. The molecule has 1 aromatic carbocycles. The first-order valence-corrected chi connectivity index (χ1v) is 7.84. The van der Waals surface area contributed by atoms with E-state index in [-0.39, 0.29) is 0 Å². The molecule has 1 aliphatic heterocycles. The average Bonchev–Trinajstić information content (AvgIpc) is 2.94. The van der Waals surface area contributed by atoms with Gasteiger partial charge in [0.25, 0.3) is 0 Å². The number of ether oxygens (including phenoxy) is 1. The van der Waals surface area contributed by atoms with Gasteiger partial charge in [-0.2, -0.15) is 0 Å². The molecule has 1 N–H and O–H groups in total. The number of benzene rings is 1. The second-order valence-corrected chi connectivity index (χ2v) is 6.16. The summed E-state index contributed by atoms with van der Waals surface area (Å²) in [6.07, 6.45) is 6.14. The van der Waals surface area contributed by atoms with Crippen molar-refractivity contribution in [3.05, 3.63) is 23.8 Å². The van der Waals surface area contributed by atoms with E-state index in [2.05, 4.69) is 11.0 Å². The first-order valence-electron chi connectivity index (χ1n) is 7.84. The highest BCUT2D eigenvalue weighted by Gasteiger charge is 2.36. The molecule has 0 aromatic heterocycles. The molecular weight excluding hydrogens is 250 g/mol. The Bertz CT molecular complexity index is 472. The Hall–Kier alpha value is -1.22. The van der Waals surface area contributed by atoms with Gasteiger partial charge >= 0.3 is 0 Å². The smallest absolute Gasteiger partial charge is 0.126 e. The van der Waals surface area contributed by atoms with Gasteiger partial charge in [-0.1, -0.05) is 12.5 Å². The maximum absolute atomic E-state index is 10.2. The Morgan fingerprint density at radius 1 is 1.25 bits per heavy atom. The molecule has 1 saturated heterocycles. The minimum Gasteiger partial charge on any atom is -0.496 e. The highest BCUT2D eigenvalue weighted by molar-refractivity contribution is 5.61. The van der Waals surface area contributed by atoms with Gasteiger partial charge in [0.15, 0.2) is 0 Å². The molecule has 3 nitrogen and oxygen atoms in total. The van der Waals surface area contributed by atoms with Crippen molar-refractivity contribution in [3.8, 4) is 5.75 Å². The van der Waals surface area contributed by atoms with Crippen LogP contribution >= 0.6 is 0 Å². The summed E-state index contributed by atoms with van der Waals surface area (Å²) < 4.78 is 5.46. The summed E-state index contributed by atoms with van der Waals surface area (Å²) in [5, 5.41) is 10.2. The zero-order valence-electron chi connectivity index (χ0n) is 12.5. The summed E-state index contributed by atoms with van der Waals surface area (Å²) in [6.45, 7) is 2.94. The number of piperidine rings is 1. The van der Waals surface area contributed by atoms with E-state index in [4.69, 9.17) is 4.74 Å². The minimum absolute atomic E-state index is 0.497. The van der Waals surface area contributed by atoms with E-state index < -0.39 is 6.10 Å². The molecule has 2 unspecified atom stereocenters. The summed E-state index contributed by atoms with van der Waals surface area (Å²) in [7, 11) is 1.68. The van der Waals surface area contributed by atoms with Crippen LogP contribution in [0.1, 0.15) is 50.7 Å². The largest absolute Gasteiger partial charge is 0.496 e. The van der Waals surface area contributed by atoms with Crippen LogP contribution in [-0.4, -0.2) is 24.8 Å². The molecule has 3 heteroatoms. The van der Waals surface area contributed by atoms with Crippen LogP contribution in [-0.2, 0) is 0 Å². The molecule has 110 valence electrons. The maximum atomic E-state index is 10.2. The zero-order chi connectivity index (χ0) is 14.1. The number of rotatable bonds is 3. The Morgan fingerprint density at radius 2 is 2.05 bits per heavy atom. The van der Waals surface area contributed by atoms with Gasteiger partial charge in [-0.25, -0.2) is 0 Å². The molecule has 20 heavy (non-hydrogen) atoms. The Labute approximate surface area is 121 Å². The van der Waals surface area contributed by atoms with Crippen molar-refractivity contribution in [2.24, 2.45) is 5.92 Å². The van der Waals surface area contributed by atoms with Gasteiger partial charge in [0.2, 0.25) is 0 Å². The molecule has 1 aliphatic carbocycles. The van der Waals surface area contributed by atoms with Crippen molar-refractivity contribution in [2.45, 2.75) is 51.2 Å². The van der Waals surface area contributed by atoms with Crippen LogP contribution in [0.15, 0.2) is 18.2 Å². The maximum Gasteiger partial charge on any atom is 0.126 e. The van der Waals surface area contributed by atoms with Crippen LogP contribution in [0, 0.1) is 5.92 Å². The van der Waals surface area contributed by atoms with Crippen LogP contribution in [0.2, 0.25) is 0 Å². The third-order valence-corrected chi connectivity index (χ3v) is 4.98. The Morgan fingerprint density at radius 3 is 2.80 bits per heavy atom. The first-order chi connectivity index (χ1) is 9.72. The lowest BCUT2D eigenvalue weighted by atomic mass is 9.90. The Kier molecular flexibility index (Phi) is 3.88. The fourth-order valence-corrected chi connectivity index (χ4v) is 4.13. The molecule has 1 saturated carbocycles. The summed E-state index contributed by atoms with van der Waals surface area (Å²) >= 11 is 0. The van der Waals surface area contributed by atoms with Gasteiger partial charge in [0.1, 0.15) is 5.75 Å². The average molecular weight is 275 g/mol. The van der Waals surface area contributed by atoms with E-state index in [9.17, 15) is 5.11 Å². The van der Waals surface area contributed by atoms with Gasteiger partial charge < -0.3 is 14.7 Å². The lowest BCUT2D eigenvalue weighted by Crippen LogP contribution is -2.43. The predicted molar refractivity (Wildman–Crippen MR) is 81.3 cm³/mol. The van der Waals surface area contributed by atoms with Gasteiger partial charge in [0, 0.05) is 23.8 Å². The van der Waals surface area contributed by atoms with Gasteiger partial charge in [-0.15, -0.1) is 0 Å². The van der Waals surface area contributed by atoms with Crippen molar-refractivity contribution >= 4 is 5.69 Å². The number of aliphatic hydroxyl groups is 1. The van der Waals surface area contributed by atoms with Crippen LogP contribution in [0.25, 0.3) is 0 Å². The van der Waals surface area contributed by atoms with E-state index >= 15 is 0 Å². The standard InChI is InChI=1S/C17H25NO2/c1-12(19)17-15(9-4-10-16(17)20-2)18-11-5-7-13-6-3-8-14(13)18/h4,9-10,12-14,19H,3,5-8,11H2,1-2H3/t12-,13?,14?/m1/s1. The fraction of sp³-hybridized carbons (Fsp3) is 0.647. The van der Waals surface area contributed by atoms with Crippen LogP contribution in [0.4, 0.5) is 5.69 Å². The topological polar surface area (TPSA) is 32.7 Å². The van der Waals surface area contributed by atoms with E-state index in [1.54, 1.807) is 7.11 Å². The summed E-state index contributed by atoms with van der Waals surface area (Å²) in [6, 6.07) is 6.79. The van der Waals surface area contributed by atoms with Gasteiger partial charge in [-0.05, 0) is 50.7 Å². The molecule has 0 radical (unpaired) electrons. The lowest BCUT2D eigenvalue weighted by molar-refractivity contribution is 0.194. The highest BCUT2D eigenvalue weighted by atomic mass is 16.5. The predicted octanol–water partition coefficient (Wildman–Crippen LogP) is 3.52. The fourth-order valence-electron chi connectivity index (χ4n) is 4.13. The number of hydrogen-bond donors (Lipinski definition) is 1. The monoisotopic (exact) mass is 275 g/mol. The first kappa shape index (κ1) is 13.7. The lowest BCUT2D eigenvalue weighted by Gasteiger charge is -2.41. The molecule has 0 amide bonds. The van der Waals surface area contributed by atoms with E-state index in [1.165, 1.54) is 37.8 Å². The molecular formula is C17H25NO2. The molecule has 3 atom stereocenters. The van der Waals surface area contributed by atoms with Crippen molar-refractivity contribution < 1.29 is 9.84 Å². The molecule has 0 spiro atoms. The summed E-state index contributed by atoms with van der Waals surface area (Å²) in [5.41, 5.74) is 2.12. The van der Waals surface area contributed by atoms with Crippen LogP contribution in [0.5, 0.6) is 5.75 Å². The summed E-state index contributed by atoms with van der Waals surface area (Å²) in [4.78, 5) is 2.53. The minimum atomic E-state index is -0.497. The second kappa shape index (κ2) is 5.65. The number of anilines is 1. The van der Waals surface area contributed by atoms with Crippen molar-refractivity contribution in [1.29, 1.82) is 0 Å². The molecule has 3 rings (SSSR count). The van der Waals surface area contributed by atoms with Gasteiger partial charge in [-0.3, -0.25) is 0 Å². The third-order valence-electron chi connectivity index (χ3n) is 4.98. The molecule has 1 heterocycles.